The van der Waals surface area contributed by atoms with Crippen LogP contribution in [0.4, 0.5) is 5.69 Å². The van der Waals surface area contributed by atoms with Gasteiger partial charge in [-0.2, -0.15) is 0 Å². The number of benzene rings is 3. The molecule has 0 spiro atoms. The number of nitrogens with zero attached hydrogens (tertiary/aromatic N) is 1. The van der Waals surface area contributed by atoms with Crippen LogP contribution in [0.1, 0.15) is 35.3 Å². The highest BCUT2D eigenvalue weighted by Crippen LogP contribution is 2.50. The molecule has 0 fully saturated rings. The Morgan fingerprint density at radius 2 is 1.75 bits per heavy atom. The molecular weight excluding hydrogens is 503 g/mol. The Kier molecular flexibility index (Phi) is 7.18. The molecule has 1 aliphatic heterocycles. The molecule has 9 heteroatoms. The number of ether oxygens (including phenoxy) is 3. The summed E-state index contributed by atoms with van der Waals surface area (Å²) in [6.07, 6.45) is -0.986. The molecule has 3 aromatic rings. The molecule has 0 saturated carbocycles. The van der Waals surface area contributed by atoms with Crippen molar-refractivity contribution in [2.45, 2.75) is 25.0 Å². The molecule has 0 radical (unpaired) electrons. The van der Waals surface area contributed by atoms with Crippen LogP contribution in [-0.2, 0) is 26.3 Å². The maximum Gasteiger partial charge on any atom is 0.251 e. The second-order valence-electron chi connectivity index (χ2n) is 8.61. The van der Waals surface area contributed by atoms with Gasteiger partial charge in [0, 0.05) is 34.5 Å². The number of amides is 2. The number of methoxy groups -OCH3 is 3. The number of halogens is 2. The van der Waals surface area contributed by atoms with Crippen molar-refractivity contribution in [1.82, 2.24) is 0 Å². The fourth-order valence-corrected chi connectivity index (χ4v) is 5.19. The lowest BCUT2D eigenvalue weighted by Gasteiger charge is -2.27. The predicted octanol–water partition coefficient (Wildman–Crippen LogP) is 5.04. The Bertz CT molecular complexity index is 1350. The number of nitrogens with two attached hydrogens (primary N) is 1. The second-order valence-corrected chi connectivity index (χ2v) is 9.46. The molecule has 2 unspecified atom stereocenters. The topological polar surface area (TPSA) is 91.1 Å². The molecule has 36 heavy (non-hydrogen) atoms. The van der Waals surface area contributed by atoms with Gasteiger partial charge >= 0.3 is 0 Å². The third-order valence-electron chi connectivity index (χ3n) is 6.61. The van der Waals surface area contributed by atoms with Gasteiger partial charge in [0.1, 0.15) is 16.9 Å². The third kappa shape index (κ3) is 4.28. The first kappa shape index (κ1) is 25.8. The fraction of sp³-hybridized carbons (Fsp3) is 0.259. The monoisotopic (exact) mass is 528 g/mol. The predicted molar refractivity (Wildman–Crippen MR) is 139 cm³/mol. The van der Waals surface area contributed by atoms with Crippen LogP contribution in [0, 0.1) is 0 Å². The van der Waals surface area contributed by atoms with E-state index in [9.17, 15) is 9.59 Å². The molecule has 1 aliphatic rings. The molecule has 0 bridgehead atoms. The normalized spacial score (nSPS) is 17.6. The molecule has 0 aromatic heterocycles. The Morgan fingerprint density at radius 1 is 1.00 bits per heavy atom. The maximum absolute atomic E-state index is 14.2. The first-order chi connectivity index (χ1) is 17.1. The number of hydrogen-bond acceptors (Lipinski definition) is 5. The van der Waals surface area contributed by atoms with Crippen LogP contribution in [0.15, 0.2) is 54.6 Å². The zero-order valence-corrected chi connectivity index (χ0v) is 21.8. The van der Waals surface area contributed by atoms with E-state index in [2.05, 4.69) is 0 Å². The molecule has 7 nitrogen and oxygen atoms in total. The molecule has 0 aliphatic carbocycles. The lowest BCUT2D eigenvalue weighted by molar-refractivity contribution is -0.128. The first-order valence-electron chi connectivity index (χ1n) is 11.1. The van der Waals surface area contributed by atoms with Crippen LogP contribution < -0.4 is 20.1 Å². The Balaban J connectivity index is 1.86. The van der Waals surface area contributed by atoms with Crippen molar-refractivity contribution in [2.75, 3.05) is 26.2 Å². The number of rotatable bonds is 8. The molecular formula is C27H26Cl2N2O5. The highest BCUT2D eigenvalue weighted by Gasteiger charge is 2.50. The Morgan fingerprint density at radius 3 is 2.39 bits per heavy atom. The maximum atomic E-state index is 14.2. The van der Waals surface area contributed by atoms with Crippen LogP contribution in [0.2, 0.25) is 10.0 Å². The van der Waals surface area contributed by atoms with Gasteiger partial charge in [-0.3, -0.25) is 9.59 Å². The fourth-order valence-electron chi connectivity index (χ4n) is 4.71. The van der Waals surface area contributed by atoms with Crippen LogP contribution in [0.5, 0.6) is 11.5 Å². The van der Waals surface area contributed by atoms with E-state index >= 15 is 0 Å². The zero-order chi connectivity index (χ0) is 26.2. The average molecular weight is 529 g/mol. The lowest BCUT2D eigenvalue weighted by Crippen LogP contribution is -2.39. The van der Waals surface area contributed by atoms with Crippen LogP contribution in [-0.4, -0.2) is 33.1 Å². The van der Waals surface area contributed by atoms with Crippen LogP contribution in [0.25, 0.3) is 0 Å². The van der Waals surface area contributed by atoms with Crippen molar-refractivity contribution >= 4 is 40.7 Å². The van der Waals surface area contributed by atoms with E-state index < -0.39 is 17.4 Å². The summed E-state index contributed by atoms with van der Waals surface area (Å²) in [6, 6.07) is 15.8. The number of carbonyl (C=O) groups excluding carboxylic acids is 2. The average Bonchev–Trinajstić information content (AvgIpc) is 3.07. The number of carbonyl (C=O) groups is 2. The van der Waals surface area contributed by atoms with Gasteiger partial charge in [-0.05, 0) is 66.1 Å². The number of fused-ring (bicyclic) bond motifs is 1. The van der Waals surface area contributed by atoms with Crippen molar-refractivity contribution in [1.29, 1.82) is 0 Å². The standard InChI is InChI=1S/C27H26Cl2N2O5/c1-27(19-11-15(6-9-21(19)29)24(36-4)25(30)32)20-12-17(28)7-10-22(20)31(26(27)33)14-16-5-8-18(34-2)13-23(16)35-3/h5-13,24H,14H2,1-4H3,(H2,30,32). The zero-order valence-electron chi connectivity index (χ0n) is 20.3. The smallest absolute Gasteiger partial charge is 0.251 e. The minimum Gasteiger partial charge on any atom is -0.497 e. The molecule has 1 heterocycles. The molecule has 3 aromatic carbocycles. The summed E-state index contributed by atoms with van der Waals surface area (Å²) in [6.45, 7) is 2.04. The van der Waals surface area contributed by atoms with Crippen molar-refractivity contribution in [3.8, 4) is 11.5 Å². The van der Waals surface area contributed by atoms with Gasteiger partial charge in [0.15, 0.2) is 6.10 Å². The van der Waals surface area contributed by atoms with E-state index in [1.165, 1.54) is 7.11 Å². The van der Waals surface area contributed by atoms with Gasteiger partial charge in [0.05, 0.1) is 20.8 Å². The summed E-state index contributed by atoms with van der Waals surface area (Å²) >= 11 is 13.0. The second kappa shape index (κ2) is 10.0. The van der Waals surface area contributed by atoms with Crippen molar-refractivity contribution in [3.63, 3.8) is 0 Å². The summed E-state index contributed by atoms with van der Waals surface area (Å²) in [5, 5.41) is 0.847. The van der Waals surface area contributed by atoms with Crippen LogP contribution >= 0.6 is 23.2 Å². The molecule has 0 saturated heterocycles. The van der Waals surface area contributed by atoms with E-state index in [1.807, 2.05) is 18.2 Å². The van der Waals surface area contributed by atoms with Gasteiger partial charge in [0.25, 0.3) is 5.91 Å². The summed E-state index contributed by atoms with van der Waals surface area (Å²) in [7, 11) is 4.54. The Hall–Kier alpha value is -3.26. The highest BCUT2D eigenvalue weighted by molar-refractivity contribution is 6.32. The van der Waals surface area contributed by atoms with Crippen molar-refractivity contribution < 1.29 is 23.8 Å². The van der Waals surface area contributed by atoms with Gasteiger partial charge in [-0.25, -0.2) is 0 Å². The number of anilines is 1. The molecule has 2 N–H and O–H groups in total. The van der Waals surface area contributed by atoms with Gasteiger partial charge < -0.3 is 24.8 Å². The molecule has 2 atom stereocenters. The lowest BCUT2D eigenvalue weighted by atomic mass is 9.76. The number of primary amides is 1. The van der Waals surface area contributed by atoms with Crippen molar-refractivity contribution in [3.05, 3.63) is 86.9 Å². The first-order valence-corrected chi connectivity index (χ1v) is 11.9. The van der Waals surface area contributed by atoms with E-state index in [0.717, 1.165) is 5.56 Å². The molecule has 188 valence electrons. The minimum atomic E-state index is -1.19. The van der Waals surface area contributed by atoms with Gasteiger partial charge in [-0.15, -0.1) is 0 Å². The Labute approximate surface area is 219 Å². The quantitative estimate of drug-likeness (QED) is 0.442. The highest BCUT2D eigenvalue weighted by atomic mass is 35.5. The van der Waals surface area contributed by atoms with E-state index in [1.54, 1.807) is 62.4 Å². The van der Waals surface area contributed by atoms with Crippen molar-refractivity contribution in [2.24, 2.45) is 5.73 Å². The summed E-state index contributed by atoms with van der Waals surface area (Å²) in [5.74, 6) is 0.386. The van der Waals surface area contributed by atoms with E-state index in [4.69, 9.17) is 43.1 Å². The molecule has 2 amide bonds. The van der Waals surface area contributed by atoms with Crippen LogP contribution in [0.3, 0.4) is 0 Å². The number of hydrogen-bond donors (Lipinski definition) is 1. The van der Waals surface area contributed by atoms with Gasteiger partial charge in [0.2, 0.25) is 5.91 Å². The van der Waals surface area contributed by atoms with E-state index in [-0.39, 0.29) is 12.5 Å². The summed E-state index contributed by atoms with van der Waals surface area (Å²) in [4.78, 5) is 27.8. The van der Waals surface area contributed by atoms with Gasteiger partial charge in [-0.1, -0.05) is 29.3 Å². The third-order valence-corrected chi connectivity index (χ3v) is 7.17. The van der Waals surface area contributed by atoms with E-state index in [0.29, 0.717) is 43.9 Å². The minimum absolute atomic E-state index is 0.204. The summed E-state index contributed by atoms with van der Waals surface area (Å²) in [5.41, 5.74) is 7.53. The SMILES string of the molecule is COc1ccc(CN2C(=O)C(C)(c3cc(C(OC)C(N)=O)ccc3Cl)c3cc(Cl)ccc32)c(OC)c1. The molecule has 4 rings (SSSR count). The summed E-state index contributed by atoms with van der Waals surface area (Å²) < 4.78 is 16.1. The largest absolute Gasteiger partial charge is 0.497 e.